The minimum Gasteiger partial charge on any atom is -0.394 e. The molecule has 0 saturated heterocycles. The van der Waals surface area contributed by atoms with Crippen LogP contribution in [0, 0.1) is 0 Å². The van der Waals surface area contributed by atoms with Crippen LogP contribution < -0.4 is 0 Å². The Morgan fingerprint density at radius 3 is 2.67 bits per heavy atom. The van der Waals surface area contributed by atoms with Gasteiger partial charge in [0.15, 0.2) is 0 Å². The van der Waals surface area contributed by atoms with E-state index in [2.05, 4.69) is 9.88 Å². The molecule has 3 N–H and O–H groups in total. The van der Waals surface area contributed by atoms with Gasteiger partial charge in [0.1, 0.15) is 0 Å². The van der Waals surface area contributed by atoms with Crippen LogP contribution in [-0.2, 0) is 6.42 Å². The Morgan fingerprint density at radius 1 is 1.11 bits per heavy atom. The lowest BCUT2D eigenvalue weighted by Crippen LogP contribution is -2.39. The van der Waals surface area contributed by atoms with Gasteiger partial charge < -0.3 is 15.2 Å². The van der Waals surface area contributed by atoms with Gasteiger partial charge in [0.25, 0.3) is 0 Å². The molecule has 4 nitrogen and oxygen atoms in total. The van der Waals surface area contributed by atoms with Crippen LogP contribution in [0.1, 0.15) is 29.0 Å². The van der Waals surface area contributed by atoms with Crippen molar-refractivity contribution >= 4 is 45.7 Å². The molecule has 0 radical (unpaired) electrons. The lowest BCUT2D eigenvalue weighted by Gasteiger charge is -2.36. The van der Waals surface area contributed by atoms with Crippen LogP contribution in [-0.4, -0.2) is 39.8 Å². The number of nitrogens with zero attached hydrogens (tertiary/aromatic N) is 1. The first kappa shape index (κ1) is 19.1. The number of rotatable bonds is 4. The molecule has 2 unspecified atom stereocenters. The zero-order chi connectivity index (χ0) is 19.1. The lowest BCUT2D eigenvalue weighted by molar-refractivity contribution is 0.0549. The predicted molar refractivity (Wildman–Crippen MR) is 110 cm³/mol. The lowest BCUT2D eigenvalue weighted by atomic mass is 9.96. The third kappa shape index (κ3) is 3.58. The van der Waals surface area contributed by atoms with Crippen LogP contribution in [0.15, 0.2) is 36.4 Å². The van der Waals surface area contributed by atoms with Crippen LogP contribution >= 0.6 is 34.8 Å². The van der Waals surface area contributed by atoms with Crippen LogP contribution in [0.2, 0.25) is 15.1 Å². The van der Waals surface area contributed by atoms with E-state index in [9.17, 15) is 10.2 Å². The maximum Gasteiger partial charge on any atom is 0.0917 e. The van der Waals surface area contributed by atoms with Crippen molar-refractivity contribution in [1.29, 1.82) is 0 Å². The molecule has 0 fully saturated rings. The maximum absolute atomic E-state index is 10.7. The van der Waals surface area contributed by atoms with E-state index in [1.807, 2.05) is 18.2 Å². The van der Waals surface area contributed by atoms with Gasteiger partial charge in [0, 0.05) is 34.7 Å². The van der Waals surface area contributed by atoms with Crippen molar-refractivity contribution in [1.82, 2.24) is 9.88 Å². The Bertz CT molecular complexity index is 989. The Morgan fingerprint density at radius 2 is 1.93 bits per heavy atom. The van der Waals surface area contributed by atoms with Crippen LogP contribution in [0.5, 0.6) is 0 Å². The zero-order valence-electron chi connectivity index (χ0n) is 14.4. The van der Waals surface area contributed by atoms with E-state index < -0.39 is 6.10 Å². The molecule has 7 heteroatoms. The fourth-order valence-corrected chi connectivity index (χ4v) is 4.34. The summed E-state index contributed by atoms with van der Waals surface area (Å²) >= 11 is 18.2. The molecule has 3 aromatic rings. The number of aliphatic hydroxyl groups excluding tert-OH is 2. The number of hydrogen-bond donors (Lipinski definition) is 3. The predicted octanol–water partition coefficient (Wildman–Crippen LogP) is 4.75. The quantitative estimate of drug-likeness (QED) is 0.565. The van der Waals surface area contributed by atoms with Gasteiger partial charge in [-0.1, -0.05) is 40.9 Å². The average molecular weight is 426 g/mol. The summed E-state index contributed by atoms with van der Waals surface area (Å²) in [6, 6.07) is 10.7. The first-order valence-electron chi connectivity index (χ1n) is 8.76. The molecule has 0 spiro atoms. The average Bonchev–Trinajstić information content (AvgIpc) is 3.01. The Hall–Kier alpha value is -1.27. The van der Waals surface area contributed by atoms with Crippen LogP contribution in [0.4, 0.5) is 0 Å². The highest BCUT2D eigenvalue weighted by atomic mass is 35.5. The normalized spacial score (nSPS) is 18.6. The van der Waals surface area contributed by atoms with Crippen molar-refractivity contribution in [3.05, 3.63) is 68.3 Å². The van der Waals surface area contributed by atoms with Crippen molar-refractivity contribution in [2.75, 3.05) is 19.7 Å². The fraction of sp³-hybridized carbons (Fsp3) is 0.300. The van der Waals surface area contributed by atoms with E-state index in [0.29, 0.717) is 27.2 Å². The van der Waals surface area contributed by atoms with Gasteiger partial charge in [-0.25, -0.2) is 0 Å². The third-order valence-corrected chi connectivity index (χ3v) is 6.21. The van der Waals surface area contributed by atoms with Gasteiger partial charge in [0.2, 0.25) is 0 Å². The summed E-state index contributed by atoms with van der Waals surface area (Å²) < 4.78 is 0. The molecule has 2 aromatic carbocycles. The molecule has 27 heavy (non-hydrogen) atoms. The summed E-state index contributed by atoms with van der Waals surface area (Å²) in [4.78, 5) is 5.51. The summed E-state index contributed by atoms with van der Waals surface area (Å²) in [6.07, 6.45) is 0.0921. The van der Waals surface area contributed by atoms with E-state index in [0.717, 1.165) is 29.6 Å². The second-order valence-corrected chi connectivity index (χ2v) is 8.09. The highest BCUT2D eigenvalue weighted by Crippen LogP contribution is 2.36. The summed E-state index contributed by atoms with van der Waals surface area (Å²) in [5.41, 5.74) is 3.89. The van der Waals surface area contributed by atoms with E-state index >= 15 is 0 Å². The van der Waals surface area contributed by atoms with Crippen molar-refractivity contribution in [2.24, 2.45) is 0 Å². The third-order valence-electron chi connectivity index (χ3n) is 5.23. The number of nitrogens with one attached hydrogen (secondary N) is 1. The number of H-pyrrole nitrogens is 1. The second-order valence-electron chi connectivity index (χ2n) is 6.84. The van der Waals surface area contributed by atoms with Gasteiger partial charge in [-0.3, -0.25) is 4.90 Å². The molecule has 0 bridgehead atoms. The van der Waals surface area contributed by atoms with E-state index in [-0.39, 0.29) is 12.6 Å². The SMILES string of the molecule is OCC1c2[nH]c3ccc(Cl)cc3c2CCN1CC(O)c1ccc(Cl)c(Cl)c1. The fourth-order valence-electron chi connectivity index (χ4n) is 3.86. The summed E-state index contributed by atoms with van der Waals surface area (Å²) in [7, 11) is 0. The number of aliphatic hydroxyl groups is 2. The summed E-state index contributed by atoms with van der Waals surface area (Å²) in [5.74, 6) is 0. The largest absolute Gasteiger partial charge is 0.394 e. The Kier molecular flexibility index (Phi) is 5.39. The van der Waals surface area contributed by atoms with Crippen LogP contribution in [0.25, 0.3) is 10.9 Å². The van der Waals surface area contributed by atoms with Gasteiger partial charge in [-0.15, -0.1) is 0 Å². The van der Waals surface area contributed by atoms with Gasteiger partial charge in [-0.05, 0) is 47.9 Å². The molecule has 4 rings (SSSR count). The Balaban J connectivity index is 1.61. The highest BCUT2D eigenvalue weighted by Gasteiger charge is 2.31. The standard InChI is InChI=1S/C20H19Cl3N2O2/c21-12-2-4-17-14(8-12)13-5-6-25(18(10-26)20(13)24-17)9-19(27)11-1-3-15(22)16(23)7-11/h1-4,7-8,18-19,24,26-27H,5-6,9-10H2. The number of aromatic nitrogens is 1. The first-order chi connectivity index (χ1) is 13.0. The van der Waals surface area contributed by atoms with E-state index in [4.69, 9.17) is 34.8 Å². The molecule has 142 valence electrons. The number of halogens is 3. The molecule has 2 atom stereocenters. The molecule has 1 aromatic heterocycles. The maximum atomic E-state index is 10.7. The Labute approximate surface area is 172 Å². The minimum atomic E-state index is -0.728. The molecule has 0 aliphatic carbocycles. The van der Waals surface area contributed by atoms with E-state index in [1.54, 1.807) is 18.2 Å². The van der Waals surface area contributed by atoms with Gasteiger partial charge in [-0.2, -0.15) is 0 Å². The molecule has 2 heterocycles. The molecule has 0 amide bonds. The summed E-state index contributed by atoms with van der Waals surface area (Å²) in [5, 5.41) is 23.4. The molecule has 0 saturated carbocycles. The number of β-amino-alcohol motifs (C(OH)–C–C–N with tert-alkyl or cyclic N) is 1. The van der Waals surface area contributed by atoms with Gasteiger partial charge in [0.05, 0.1) is 28.8 Å². The van der Waals surface area contributed by atoms with Crippen molar-refractivity contribution in [2.45, 2.75) is 18.6 Å². The molecular weight excluding hydrogens is 407 g/mol. The molecular formula is C20H19Cl3N2O2. The number of hydrogen-bond acceptors (Lipinski definition) is 3. The van der Waals surface area contributed by atoms with Crippen molar-refractivity contribution < 1.29 is 10.2 Å². The minimum absolute atomic E-state index is 0.0400. The van der Waals surface area contributed by atoms with Crippen LogP contribution in [0.3, 0.4) is 0 Å². The van der Waals surface area contributed by atoms with Gasteiger partial charge >= 0.3 is 0 Å². The van der Waals surface area contributed by atoms with Crippen molar-refractivity contribution in [3.63, 3.8) is 0 Å². The highest BCUT2D eigenvalue weighted by molar-refractivity contribution is 6.42. The smallest absolute Gasteiger partial charge is 0.0917 e. The first-order valence-corrected chi connectivity index (χ1v) is 9.89. The second kappa shape index (κ2) is 7.63. The number of aromatic amines is 1. The topological polar surface area (TPSA) is 59.5 Å². The monoisotopic (exact) mass is 424 g/mol. The van der Waals surface area contributed by atoms with Crippen molar-refractivity contribution in [3.8, 4) is 0 Å². The molecule has 1 aliphatic heterocycles. The summed E-state index contributed by atoms with van der Waals surface area (Å²) in [6.45, 7) is 1.08. The number of benzene rings is 2. The van der Waals surface area contributed by atoms with E-state index in [1.165, 1.54) is 5.56 Å². The number of fused-ring (bicyclic) bond motifs is 3. The zero-order valence-corrected chi connectivity index (χ0v) is 16.7. The molecule has 1 aliphatic rings.